The number of aliphatic hydroxyl groups is 2. The number of nitrogens with two attached hydrogens (primary N) is 2. The van der Waals surface area contributed by atoms with Gasteiger partial charge in [0.2, 0.25) is 47.3 Å². The summed E-state index contributed by atoms with van der Waals surface area (Å²) in [6.45, 7) is 4.13. The lowest BCUT2D eigenvalue weighted by molar-refractivity contribution is -0.148. The number of hydrogen-bond donors (Lipinski definition) is 11. The van der Waals surface area contributed by atoms with Crippen molar-refractivity contribution in [2.24, 2.45) is 17.4 Å². The number of nitrogens with zero attached hydrogens (tertiary/aromatic N) is 2. The number of aliphatic carboxylic acids is 1. The number of benzene rings is 2. The molecule has 366 valence electrons. The van der Waals surface area contributed by atoms with Crippen molar-refractivity contribution in [2.45, 2.75) is 127 Å². The third-order valence-electron chi connectivity index (χ3n) is 12.0. The van der Waals surface area contributed by atoms with E-state index in [2.05, 4.69) is 26.6 Å². The number of carbonyl (C=O) groups is 9. The molecule has 2 saturated heterocycles. The van der Waals surface area contributed by atoms with Crippen molar-refractivity contribution in [3.8, 4) is 5.75 Å². The molecule has 0 aromatic heterocycles. The number of hydrogen-bond acceptors (Lipinski definition) is 13. The normalized spacial score (nSPS) is 19.3. The molecule has 10 atom stereocenters. The second kappa shape index (κ2) is 24.8. The minimum Gasteiger partial charge on any atom is -0.508 e. The fourth-order valence-electron chi connectivity index (χ4n) is 8.01. The molecule has 0 bridgehead atoms. The van der Waals surface area contributed by atoms with Gasteiger partial charge in [-0.2, -0.15) is 0 Å². The summed E-state index contributed by atoms with van der Waals surface area (Å²) in [6.07, 6.45) is -0.854. The number of amides is 8. The highest BCUT2D eigenvalue weighted by Crippen LogP contribution is 2.27. The van der Waals surface area contributed by atoms with Crippen LogP contribution in [-0.4, -0.2) is 158 Å². The molecule has 4 rings (SSSR count). The van der Waals surface area contributed by atoms with Crippen LogP contribution in [-0.2, 0) is 56.0 Å². The fourth-order valence-corrected chi connectivity index (χ4v) is 8.01. The van der Waals surface area contributed by atoms with Crippen LogP contribution in [0, 0.1) is 5.92 Å². The molecule has 2 aromatic carbocycles. The van der Waals surface area contributed by atoms with E-state index in [4.69, 9.17) is 11.5 Å². The number of nitrogens with one attached hydrogen (secondary N) is 5. The maximum absolute atomic E-state index is 14.7. The van der Waals surface area contributed by atoms with Crippen LogP contribution < -0.4 is 38.1 Å². The van der Waals surface area contributed by atoms with E-state index >= 15 is 0 Å². The molecule has 2 fully saturated rings. The van der Waals surface area contributed by atoms with Gasteiger partial charge >= 0.3 is 5.97 Å². The smallest absolute Gasteiger partial charge is 0.328 e. The van der Waals surface area contributed by atoms with Gasteiger partial charge in [-0.1, -0.05) is 62.7 Å². The van der Waals surface area contributed by atoms with Crippen LogP contribution in [0.4, 0.5) is 0 Å². The number of carboxylic acids is 1. The molecule has 0 spiro atoms. The second-order valence-electron chi connectivity index (χ2n) is 17.0. The molecule has 13 N–H and O–H groups in total. The molecule has 8 amide bonds. The molecule has 2 aromatic rings. The van der Waals surface area contributed by atoms with Gasteiger partial charge in [0, 0.05) is 25.9 Å². The predicted octanol–water partition coefficient (Wildman–Crippen LogP) is -2.71. The third-order valence-corrected chi connectivity index (χ3v) is 12.0. The quantitative estimate of drug-likeness (QED) is 0.0540. The average molecular weight is 938 g/mol. The number of rotatable bonds is 23. The Labute approximate surface area is 387 Å². The average Bonchev–Trinajstić information content (AvgIpc) is 4.00. The first kappa shape index (κ1) is 53.0. The number of carbonyl (C=O) groups excluding carboxylic acids is 8. The summed E-state index contributed by atoms with van der Waals surface area (Å²) in [5.41, 5.74) is 12.3. The Bertz CT molecular complexity index is 2090. The second-order valence-corrected chi connectivity index (χ2v) is 17.0. The summed E-state index contributed by atoms with van der Waals surface area (Å²) in [4.78, 5) is 124. The summed E-state index contributed by atoms with van der Waals surface area (Å²) in [5, 5.41) is 51.3. The van der Waals surface area contributed by atoms with Gasteiger partial charge in [-0.15, -0.1) is 0 Å². The van der Waals surface area contributed by atoms with Gasteiger partial charge in [-0.3, -0.25) is 38.4 Å². The monoisotopic (exact) mass is 937 g/mol. The maximum atomic E-state index is 14.7. The molecule has 2 aliphatic heterocycles. The van der Waals surface area contributed by atoms with Crippen LogP contribution in [0.5, 0.6) is 5.75 Å². The van der Waals surface area contributed by atoms with Crippen molar-refractivity contribution < 1.29 is 63.6 Å². The highest BCUT2D eigenvalue weighted by molar-refractivity contribution is 5.99. The molecule has 0 aliphatic carbocycles. The first-order valence-electron chi connectivity index (χ1n) is 22.3. The number of primary amides is 1. The van der Waals surface area contributed by atoms with E-state index in [1.807, 2.05) is 0 Å². The Kier molecular flexibility index (Phi) is 19.6. The van der Waals surface area contributed by atoms with Crippen LogP contribution in [0.3, 0.4) is 0 Å². The van der Waals surface area contributed by atoms with Gasteiger partial charge in [0.1, 0.15) is 48.0 Å². The number of phenols is 1. The summed E-state index contributed by atoms with van der Waals surface area (Å²) < 4.78 is 0. The van der Waals surface area contributed by atoms with E-state index < -0.39 is 127 Å². The molecule has 0 unspecified atom stereocenters. The van der Waals surface area contributed by atoms with Crippen molar-refractivity contribution in [2.75, 3.05) is 19.7 Å². The third kappa shape index (κ3) is 14.7. The summed E-state index contributed by atoms with van der Waals surface area (Å²) in [5.74, 6) is -8.61. The minimum atomic E-state index is -1.68. The van der Waals surface area contributed by atoms with Crippen LogP contribution in [0.2, 0.25) is 0 Å². The zero-order valence-electron chi connectivity index (χ0n) is 37.8. The molecular weight excluding hydrogens is 875 g/mol. The number of aliphatic hydroxyl groups excluding tert-OH is 2. The molecule has 67 heavy (non-hydrogen) atoms. The minimum absolute atomic E-state index is 0.0739. The Morgan fingerprint density at radius 2 is 1.25 bits per heavy atom. The van der Waals surface area contributed by atoms with Crippen LogP contribution >= 0.6 is 0 Å². The predicted molar refractivity (Wildman–Crippen MR) is 239 cm³/mol. The van der Waals surface area contributed by atoms with Crippen molar-refractivity contribution >= 4 is 53.2 Å². The van der Waals surface area contributed by atoms with Gasteiger partial charge in [0.05, 0.1) is 19.1 Å². The van der Waals surface area contributed by atoms with Gasteiger partial charge in [0.15, 0.2) is 6.04 Å². The Balaban J connectivity index is 1.58. The van der Waals surface area contributed by atoms with Gasteiger partial charge in [0.25, 0.3) is 0 Å². The fraction of sp³-hybridized carbons (Fsp3) is 0.533. The van der Waals surface area contributed by atoms with E-state index in [-0.39, 0.29) is 44.5 Å². The molecule has 0 radical (unpaired) electrons. The first-order valence-corrected chi connectivity index (χ1v) is 22.3. The van der Waals surface area contributed by atoms with Crippen molar-refractivity contribution in [1.82, 2.24) is 36.4 Å². The SMILES string of the molecule is CC[C@H](C)[C@H](NC(=O)[C@@H]1CCCN1C(=O)[C@@H]1CCCN1C(=O)[C@H](Cc1ccc(O)cc1)NC(=O)[C@H](CC(N)=O)NC(=O)[C@H](Cc1ccccc1)NC(=O)[C@@H](N)CO)C(=O)N[C@H](C(=O)O)[C@@H](C)O. The molecule has 22 heteroatoms. The lowest BCUT2D eigenvalue weighted by Gasteiger charge is -2.34. The number of phenolic OH excluding ortho intramolecular Hbond substituents is 1. The highest BCUT2D eigenvalue weighted by Gasteiger charge is 2.45. The lowest BCUT2D eigenvalue weighted by Crippen LogP contribution is -2.61. The van der Waals surface area contributed by atoms with Crippen molar-refractivity contribution in [3.63, 3.8) is 0 Å². The van der Waals surface area contributed by atoms with E-state index in [0.717, 1.165) is 0 Å². The maximum Gasteiger partial charge on any atom is 0.328 e. The molecule has 22 nitrogen and oxygen atoms in total. The number of carboxylic acid groups (broad SMARTS) is 1. The largest absolute Gasteiger partial charge is 0.508 e. The Morgan fingerprint density at radius 1 is 0.701 bits per heavy atom. The zero-order chi connectivity index (χ0) is 49.5. The summed E-state index contributed by atoms with van der Waals surface area (Å²) >= 11 is 0. The molecule has 2 aliphatic rings. The van der Waals surface area contributed by atoms with Crippen LogP contribution in [0.1, 0.15) is 70.4 Å². The van der Waals surface area contributed by atoms with Crippen molar-refractivity contribution in [3.05, 3.63) is 65.7 Å². The van der Waals surface area contributed by atoms with Crippen LogP contribution in [0.25, 0.3) is 0 Å². The van der Waals surface area contributed by atoms with Crippen LogP contribution in [0.15, 0.2) is 54.6 Å². The standard InChI is InChI=1S/C45H63N9O13/c1-4-24(2)36(42(63)52-37(25(3)56)45(66)67)51-41(62)33-12-8-18-53(33)44(65)34-13-9-19-54(34)43(64)32(21-27-14-16-28(57)17-15-27)50-40(61)31(22-35(47)58)49-39(60)30(48-38(59)29(46)23-55)20-26-10-6-5-7-11-26/h5-7,10-11,14-17,24-25,29-34,36-37,55-57H,4,8-9,12-13,18-23,46H2,1-3H3,(H2,47,58)(H,48,59)(H,49,60)(H,50,61)(H,51,62)(H,52,63)(H,66,67)/t24-,25+,29-,30-,31-,32-,33-,34-,36-,37-/m0/s1. The first-order chi connectivity index (χ1) is 31.7. The zero-order valence-corrected chi connectivity index (χ0v) is 37.8. The Hall–Kier alpha value is -6.65. The van der Waals surface area contributed by atoms with E-state index in [9.17, 15) is 63.6 Å². The highest BCUT2D eigenvalue weighted by atomic mass is 16.4. The van der Waals surface area contributed by atoms with Gasteiger partial charge in [-0.25, -0.2) is 4.79 Å². The van der Waals surface area contributed by atoms with Gasteiger partial charge < -0.3 is 68.3 Å². The number of likely N-dealkylation sites (tertiary alicyclic amines) is 2. The molecule has 2 heterocycles. The molecular formula is C45H63N9O13. The summed E-state index contributed by atoms with van der Waals surface area (Å²) in [6, 6.07) is 3.43. The molecule has 0 saturated carbocycles. The van der Waals surface area contributed by atoms with Gasteiger partial charge in [-0.05, 0) is 61.8 Å². The number of aromatic hydroxyl groups is 1. The van der Waals surface area contributed by atoms with E-state index in [1.165, 1.54) is 41.0 Å². The Morgan fingerprint density at radius 3 is 1.84 bits per heavy atom. The topological polar surface area (TPSA) is 353 Å². The summed E-state index contributed by atoms with van der Waals surface area (Å²) in [7, 11) is 0. The van der Waals surface area contributed by atoms with E-state index in [1.54, 1.807) is 44.2 Å². The van der Waals surface area contributed by atoms with E-state index in [0.29, 0.717) is 30.4 Å². The lowest BCUT2D eigenvalue weighted by atomic mass is 9.97. The van der Waals surface area contributed by atoms with Crippen molar-refractivity contribution in [1.29, 1.82) is 0 Å².